The summed E-state index contributed by atoms with van der Waals surface area (Å²) >= 11 is 0. The number of rotatable bonds is 3. The average molecular weight is 229 g/mol. The van der Waals surface area contributed by atoms with Crippen LogP contribution in [-0.4, -0.2) is 38.1 Å². The lowest BCUT2D eigenvalue weighted by molar-refractivity contribution is 0.287. The van der Waals surface area contributed by atoms with Crippen LogP contribution in [-0.2, 0) is 0 Å². The molecular weight excluding hydrogens is 207 g/mol. The molecule has 2 nitrogen and oxygen atoms in total. The maximum absolute atomic E-state index is 3.19. The van der Waals surface area contributed by atoms with E-state index in [2.05, 4.69) is 10.2 Å². The highest BCUT2D eigenvalue weighted by Crippen LogP contribution is 2.08. The molecule has 0 amide bonds. The quantitative estimate of drug-likeness (QED) is 0.795. The van der Waals surface area contributed by atoms with Crippen LogP contribution in [0.3, 0.4) is 0 Å². The second kappa shape index (κ2) is 10.6. The Morgan fingerprint density at radius 1 is 1.00 bits per heavy atom. The van der Waals surface area contributed by atoms with E-state index in [1.54, 1.807) is 0 Å². The summed E-state index contributed by atoms with van der Waals surface area (Å²) in [6, 6.07) is 0. The van der Waals surface area contributed by atoms with Gasteiger partial charge in [0.15, 0.2) is 0 Å². The molecule has 0 spiro atoms. The van der Waals surface area contributed by atoms with Crippen LogP contribution in [0, 0.1) is 0 Å². The minimum Gasteiger partial charge on any atom is -0.318 e. The van der Waals surface area contributed by atoms with Crippen molar-refractivity contribution in [2.75, 3.05) is 33.2 Å². The summed E-state index contributed by atoms with van der Waals surface area (Å²) in [6.07, 6.45) is 5.69. The van der Waals surface area contributed by atoms with Gasteiger partial charge in [-0.1, -0.05) is 12.8 Å². The third kappa shape index (κ3) is 7.56. The zero-order valence-electron chi connectivity index (χ0n) is 8.42. The van der Waals surface area contributed by atoms with Crippen LogP contribution in [0.15, 0.2) is 0 Å². The molecule has 0 radical (unpaired) electrons. The van der Waals surface area contributed by atoms with Crippen molar-refractivity contribution in [3.8, 4) is 0 Å². The fraction of sp³-hybridized carbons (Fsp3) is 1.00. The van der Waals surface area contributed by atoms with Gasteiger partial charge in [0.25, 0.3) is 0 Å². The Balaban J connectivity index is 0. The first-order valence-electron chi connectivity index (χ1n) is 4.80. The Hall–Kier alpha value is 0.500. The van der Waals surface area contributed by atoms with E-state index in [1.807, 2.05) is 7.05 Å². The number of likely N-dealkylation sites (tertiary alicyclic amines) is 1. The molecule has 0 aromatic heterocycles. The first-order valence-corrected chi connectivity index (χ1v) is 4.80. The van der Waals surface area contributed by atoms with Gasteiger partial charge in [-0.15, -0.1) is 24.8 Å². The highest BCUT2D eigenvalue weighted by atomic mass is 35.5. The zero-order valence-corrected chi connectivity index (χ0v) is 10.1. The summed E-state index contributed by atoms with van der Waals surface area (Å²) in [4.78, 5) is 2.57. The van der Waals surface area contributed by atoms with Crippen LogP contribution in [0.5, 0.6) is 0 Å². The van der Waals surface area contributed by atoms with Crippen LogP contribution in [0.2, 0.25) is 0 Å². The molecule has 0 unspecified atom stereocenters. The summed E-state index contributed by atoms with van der Waals surface area (Å²) in [7, 11) is 2.03. The lowest BCUT2D eigenvalue weighted by Crippen LogP contribution is -2.31. The first-order chi connectivity index (χ1) is 5.43. The molecule has 0 aromatic rings. The minimum atomic E-state index is 0. The molecule has 1 N–H and O–H groups in total. The Morgan fingerprint density at radius 2 is 1.54 bits per heavy atom. The van der Waals surface area contributed by atoms with Crippen LogP contribution in [0.1, 0.15) is 25.7 Å². The maximum Gasteiger partial charge on any atom is 0.0107 e. The van der Waals surface area contributed by atoms with Crippen LogP contribution < -0.4 is 5.32 Å². The summed E-state index contributed by atoms with van der Waals surface area (Å²) in [6.45, 7) is 5.01. The first kappa shape index (κ1) is 15.9. The number of nitrogens with zero attached hydrogens (tertiary/aromatic N) is 1. The molecule has 0 atom stereocenters. The molecule has 82 valence electrons. The van der Waals surface area contributed by atoms with Gasteiger partial charge in [0.05, 0.1) is 0 Å². The summed E-state index contributed by atoms with van der Waals surface area (Å²) in [5.74, 6) is 0. The highest BCUT2D eigenvalue weighted by Gasteiger charge is 2.06. The number of hydrogen-bond acceptors (Lipinski definition) is 2. The van der Waals surface area contributed by atoms with Gasteiger partial charge >= 0.3 is 0 Å². The average Bonchev–Trinajstić information content (AvgIpc) is 2.28. The lowest BCUT2D eigenvalue weighted by Gasteiger charge is -2.18. The van der Waals surface area contributed by atoms with E-state index in [0.717, 1.165) is 6.54 Å². The van der Waals surface area contributed by atoms with Crippen LogP contribution >= 0.6 is 24.8 Å². The standard InChI is InChI=1S/C9H20N2.2ClH/c1-10-6-9-11-7-4-2-3-5-8-11;;/h10H,2-9H2,1H3;2*1H. The Bertz CT molecular complexity index is 93.6. The predicted molar refractivity (Wildman–Crippen MR) is 63.3 cm³/mol. The van der Waals surface area contributed by atoms with E-state index in [0.29, 0.717) is 0 Å². The molecule has 0 saturated carbocycles. The normalized spacial score (nSPS) is 18.2. The SMILES string of the molecule is CNCCN1CCCCCC1.Cl.Cl. The maximum atomic E-state index is 3.19. The van der Waals surface area contributed by atoms with Crippen molar-refractivity contribution >= 4 is 24.8 Å². The van der Waals surface area contributed by atoms with Gasteiger partial charge < -0.3 is 10.2 Å². The number of hydrogen-bond donors (Lipinski definition) is 1. The van der Waals surface area contributed by atoms with E-state index in [4.69, 9.17) is 0 Å². The van der Waals surface area contributed by atoms with Crippen molar-refractivity contribution < 1.29 is 0 Å². The molecular formula is C9H22Cl2N2. The molecule has 13 heavy (non-hydrogen) atoms. The van der Waals surface area contributed by atoms with Gasteiger partial charge in [-0.2, -0.15) is 0 Å². The van der Waals surface area contributed by atoms with Crippen molar-refractivity contribution in [1.82, 2.24) is 10.2 Å². The Labute approximate surface area is 94.3 Å². The molecule has 0 aliphatic carbocycles. The topological polar surface area (TPSA) is 15.3 Å². The van der Waals surface area contributed by atoms with E-state index < -0.39 is 0 Å². The van der Waals surface area contributed by atoms with Crippen LogP contribution in [0.25, 0.3) is 0 Å². The number of likely N-dealkylation sites (N-methyl/N-ethyl adjacent to an activating group) is 1. The molecule has 1 aliphatic rings. The third-order valence-electron chi connectivity index (χ3n) is 2.38. The Morgan fingerprint density at radius 3 is 2.00 bits per heavy atom. The summed E-state index contributed by atoms with van der Waals surface area (Å²) in [5, 5.41) is 3.19. The van der Waals surface area contributed by atoms with Crippen molar-refractivity contribution in [3.63, 3.8) is 0 Å². The summed E-state index contributed by atoms with van der Waals surface area (Å²) in [5.41, 5.74) is 0. The number of halogens is 2. The van der Waals surface area contributed by atoms with E-state index in [1.165, 1.54) is 45.3 Å². The predicted octanol–water partition coefficient (Wildman–Crippen LogP) is 1.93. The Kier molecular flexibility index (Phi) is 13.0. The number of nitrogens with one attached hydrogen (secondary N) is 1. The van der Waals surface area contributed by atoms with Crippen molar-refractivity contribution in [2.45, 2.75) is 25.7 Å². The molecule has 4 heteroatoms. The van der Waals surface area contributed by atoms with Gasteiger partial charge in [-0.05, 0) is 33.0 Å². The van der Waals surface area contributed by atoms with Gasteiger partial charge in [-0.3, -0.25) is 0 Å². The minimum absolute atomic E-state index is 0. The van der Waals surface area contributed by atoms with E-state index in [9.17, 15) is 0 Å². The zero-order chi connectivity index (χ0) is 7.94. The van der Waals surface area contributed by atoms with Gasteiger partial charge in [0.2, 0.25) is 0 Å². The summed E-state index contributed by atoms with van der Waals surface area (Å²) < 4.78 is 0. The monoisotopic (exact) mass is 228 g/mol. The molecule has 1 heterocycles. The van der Waals surface area contributed by atoms with E-state index >= 15 is 0 Å². The second-order valence-electron chi connectivity index (χ2n) is 3.36. The second-order valence-corrected chi connectivity index (χ2v) is 3.36. The fourth-order valence-corrected chi connectivity index (χ4v) is 1.63. The van der Waals surface area contributed by atoms with E-state index in [-0.39, 0.29) is 24.8 Å². The van der Waals surface area contributed by atoms with Crippen molar-refractivity contribution in [1.29, 1.82) is 0 Å². The van der Waals surface area contributed by atoms with Gasteiger partial charge in [0.1, 0.15) is 0 Å². The molecule has 1 aliphatic heterocycles. The fourth-order valence-electron chi connectivity index (χ4n) is 1.63. The van der Waals surface area contributed by atoms with Crippen LogP contribution in [0.4, 0.5) is 0 Å². The van der Waals surface area contributed by atoms with Gasteiger partial charge in [-0.25, -0.2) is 0 Å². The molecule has 1 saturated heterocycles. The third-order valence-corrected chi connectivity index (χ3v) is 2.38. The largest absolute Gasteiger partial charge is 0.318 e. The van der Waals surface area contributed by atoms with Crippen molar-refractivity contribution in [2.24, 2.45) is 0 Å². The van der Waals surface area contributed by atoms with Gasteiger partial charge in [0, 0.05) is 13.1 Å². The highest BCUT2D eigenvalue weighted by molar-refractivity contribution is 5.85. The smallest absolute Gasteiger partial charge is 0.0107 e. The molecule has 1 rings (SSSR count). The molecule has 0 bridgehead atoms. The van der Waals surface area contributed by atoms with Crippen molar-refractivity contribution in [3.05, 3.63) is 0 Å². The molecule has 0 aromatic carbocycles. The molecule has 1 fully saturated rings. The lowest BCUT2D eigenvalue weighted by atomic mass is 10.2.